The number of halogens is 4. The third-order valence-corrected chi connectivity index (χ3v) is 5.07. The number of rotatable bonds is 4. The van der Waals surface area contributed by atoms with Crippen molar-refractivity contribution in [2.24, 2.45) is 5.73 Å². The summed E-state index contributed by atoms with van der Waals surface area (Å²) in [4.78, 5) is 6.55. The lowest BCUT2D eigenvalue weighted by Crippen LogP contribution is -2.36. The van der Waals surface area contributed by atoms with E-state index in [1.54, 1.807) is 13.1 Å². The summed E-state index contributed by atoms with van der Waals surface area (Å²) < 4.78 is 58.3. The number of aryl methyl sites for hydroxylation is 1. The highest BCUT2D eigenvalue weighted by Crippen LogP contribution is 2.32. The summed E-state index contributed by atoms with van der Waals surface area (Å²) in [6.07, 6.45) is -4.16. The predicted octanol–water partition coefficient (Wildman–Crippen LogP) is 3.40. The molecular formula is C20H20F4N6O. The van der Waals surface area contributed by atoms with Crippen LogP contribution in [0.15, 0.2) is 30.5 Å². The molecule has 31 heavy (non-hydrogen) atoms. The number of pyridine rings is 1. The van der Waals surface area contributed by atoms with E-state index in [0.29, 0.717) is 49.3 Å². The van der Waals surface area contributed by atoms with Crippen LogP contribution in [0.5, 0.6) is 0 Å². The first-order valence-electron chi connectivity index (χ1n) is 9.58. The standard InChI is InChI=1S/C20H20F4N6O/c1-11-16-10-26-17(30-2-4-31-5-3-30)9-15(16)19(29-28-11)27-18(25)12-6-13(20(22,23)24)8-14(21)7-12/h6-10,18H,2-5,25H2,1H3,(H,27,29)/t18-/m0/s1. The highest BCUT2D eigenvalue weighted by atomic mass is 19.4. The van der Waals surface area contributed by atoms with Gasteiger partial charge < -0.3 is 20.7 Å². The highest BCUT2D eigenvalue weighted by molar-refractivity contribution is 5.94. The zero-order valence-corrected chi connectivity index (χ0v) is 16.6. The predicted molar refractivity (Wildman–Crippen MR) is 107 cm³/mol. The number of ether oxygens (including phenoxy) is 1. The zero-order valence-electron chi connectivity index (χ0n) is 16.6. The second-order valence-electron chi connectivity index (χ2n) is 7.21. The first-order valence-corrected chi connectivity index (χ1v) is 9.58. The van der Waals surface area contributed by atoms with Crippen molar-refractivity contribution >= 4 is 22.4 Å². The first kappa shape index (κ1) is 21.2. The highest BCUT2D eigenvalue weighted by Gasteiger charge is 2.32. The Hall–Kier alpha value is -3.05. The summed E-state index contributed by atoms with van der Waals surface area (Å²) >= 11 is 0. The minimum atomic E-state index is -4.69. The van der Waals surface area contributed by atoms with E-state index >= 15 is 0 Å². The lowest BCUT2D eigenvalue weighted by molar-refractivity contribution is -0.137. The maximum atomic E-state index is 13.8. The van der Waals surface area contributed by atoms with Crippen molar-refractivity contribution < 1.29 is 22.3 Å². The van der Waals surface area contributed by atoms with E-state index in [1.807, 2.05) is 6.07 Å². The molecular weight excluding hydrogens is 416 g/mol. The topological polar surface area (TPSA) is 89.2 Å². The van der Waals surface area contributed by atoms with Gasteiger partial charge in [-0.15, -0.1) is 5.10 Å². The number of hydrogen-bond acceptors (Lipinski definition) is 7. The maximum absolute atomic E-state index is 13.8. The average Bonchev–Trinajstić information content (AvgIpc) is 2.75. The maximum Gasteiger partial charge on any atom is 0.416 e. The fraction of sp³-hybridized carbons (Fsp3) is 0.350. The molecule has 1 aliphatic rings. The fourth-order valence-corrected chi connectivity index (χ4v) is 3.42. The Bertz CT molecular complexity index is 1100. The van der Waals surface area contributed by atoms with Gasteiger partial charge in [-0.1, -0.05) is 0 Å². The molecule has 3 N–H and O–H groups in total. The van der Waals surface area contributed by atoms with Crippen LogP contribution in [0.3, 0.4) is 0 Å². The van der Waals surface area contributed by atoms with Crippen molar-refractivity contribution in [3.8, 4) is 0 Å². The van der Waals surface area contributed by atoms with Gasteiger partial charge in [-0.05, 0) is 36.8 Å². The quantitative estimate of drug-likeness (QED) is 0.479. The minimum absolute atomic E-state index is 0.0645. The SMILES string of the molecule is Cc1nnc(N[C@H](N)c2cc(F)cc(C(F)(F)F)c2)c2cc(N3CCOCC3)ncc12. The minimum Gasteiger partial charge on any atom is -0.378 e. The number of morpholine rings is 1. The van der Waals surface area contributed by atoms with Gasteiger partial charge >= 0.3 is 6.18 Å². The molecule has 0 aliphatic carbocycles. The molecule has 0 saturated carbocycles. The van der Waals surface area contributed by atoms with Crippen LogP contribution in [-0.4, -0.2) is 41.5 Å². The molecule has 0 unspecified atom stereocenters. The van der Waals surface area contributed by atoms with Crippen LogP contribution in [0.1, 0.15) is 23.0 Å². The number of anilines is 2. The zero-order chi connectivity index (χ0) is 22.2. The molecule has 0 spiro atoms. The average molecular weight is 436 g/mol. The molecule has 0 radical (unpaired) electrons. The molecule has 1 atom stereocenters. The fourth-order valence-electron chi connectivity index (χ4n) is 3.42. The summed E-state index contributed by atoms with van der Waals surface area (Å²) in [6, 6.07) is 4.02. The molecule has 1 aliphatic heterocycles. The molecule has 1 aromatic carbocycles. The monoisotopic (exact) mass is 436 g/mol. The Kier molecular flexibility index (Phi) is 5.63. The van der Waals surface area contributed by atoms with Crippen LogP contribution < -0.4 is 16.0 Å². The van der Waals surface area contributed by atoms with Gasteiger partial charge in [0, 0.05) is 30.1 Å². The van der Waals surface area contributed by atoms with Gasteiger partial charge in [-0.25, -0.2) is 9.37 Å². The Labute approximate surface area is 175 Å². The molecule has 0 amide bonds. The molecule has 11 heteroatoms. The number of benzene rings is 1. The lowest BCUT2D eigenvalue weighted by atomic mass is 10.1. The smallest absolute Gasteiger partial charge is 0.378 e. The van der Waals surface area contributed by atoms with Crippen molar-refractivity contribution in [3.63, 3.8) is 0 Å². The van der Waals surface area contributed by atoms with Gasteiger partial charge in [0.1, 0.15) is 17.8 Å². The van der Waals surface area contributed by atoms with Gasteiger partial charge in [0.05, 0.1) is 24.5 Å². The summed E-state index contributed by atoms with van der Waals surface area (Å²) in [5.41, 5.74) is 5.52. The molecule has 1 saturated heterocycles. The van der Waals surface area contributed by atoms with Crippen LogP contribution in [0, 0.1) is 12.7 Å². The van der Waals surface area contributed by atoms with Crippen molar-refractivity contribution in [1.82, 2.24) is 15.2 Å². The van der Waals surface area contributed by atoms with Crippen molar-refractivity contribution in [3.05, 3.63) is 53.1 Å². The molecule has 164 valence electrons. The molecule has 1 fully saturated rings. The van der Waals surface area contributed by atoms with Crippen LogP contribution in [0.25, 0.3) is 10.8 Å². The van der Waals surface area contributed by atoms with Gasteiger partial charge in [-0.3, -0.25) is 0 Å². The largest absolute Gasteiger partial charge is 0.416 e. The number of aromatic nitrogens is 3. The summed E-state index contributed by atoms with van der Waals surface area (Å²) in [5.74, 6) is -0.0477. The Morgan fingerprint density at radius 2 is 1.84 bits per heavy atom. The van der Waals surface area contributed by atoms with Crippen molar-refractivity contribution in [2.45, 2.75) is 19.3 Å². The number of nitrogens with one attached hydrogen (secondary N) is 1. The van der Waals surface area contributed by atoms with Crippen molar-refractivity contribution in [2.75, 3.05) is 36.5 Å². The first-order chi connectivity index (χ1) is 14.7. The van der Waals surface area contributed by atoms with Crippen LogP contribution in [0.2, 0.25) is 0 Å². The van der Waals surface area contributed by atoms with Crippen LogP contribution in [-0.2, 0) is 10.9 Å². The number of nitrogens with zero attached hydrogens (tertiary/aromatic N) is 4. The Morgan fingerprint density at radius 1 is 1.10 bits per heavy atom. The second kappa shape index (κ2) is 8.23. The van der Waals surface area contributed by atoms with Crippen LogP contribution >= 0.6 is 0 Å². The Morgan fingerprint density at radius 3 is 2.55 bits per heavy atom. The van der Waals surface area contributed by atoms with Gasteiger partial charge in [-0.2, -0.15) is 18.3 Å². The number of hydrogen-bond donors (Lipinski definition) is 2. The lowest BCUT2D eigenvalue weighted by Gasteiger charge is -2.28. The third-order valence-electron chi connectivity index (χ3n) is 5.07. The van der Waals surface area contributed by atoms with Crippen LogP contribution in [0.4, 0.5) is 29.2 Å². The molecule has 3 aromatic rings. The van der Waals surface area contributed by atoms with E-state index in [4.69, 9.17) is 10.5 Å². The van der Waals surface area contributed by atoms with E-state index in [2.05, 4.69) is 25.4 Å². The van der Waals surface area contributed by atoms with Gasteiger partial charge in [0.15, 0.2) is 5.82 Å². The third kappa shape index (κ3) is 4.52. The molecule has 4 rings (SSSR count). The van der Waals surface area contributed by atoms with E-state index in [0.717, 1.165) is 17.5 Å². The summed E-state index contributed by atoms with van der Waals surface area (Å²) in [7, 11) is 0. The normalized spacial score (nSPS) is 15.9. The van der Waals surface area contributed by atoms with E-state index in [9.17, 15) is 17.6 Å². The summed E-state index contributed by atoms with van der Waals surface area (Å²) in [5, 5.41) is 12.4. The van der Waals surface area contributed by atoms with Gasteiger partial charge in [0.25, 0.3) is 0 Å². The molecule has 3 heterocycles. The van der Waals surface area contributed by atoms with E-state index in [-0.39, 0.29) is 11.4 Å². The summed E-state index contributed by atoms with van der Waals surface area (Å²) in [6.45, 7) is 4.32. The number of alkyl halides is 3. The molecule has 0 bridgehead atoms. The van der Waals surface area contributed by atoms with Crippen molar-refractivity contribution in [1.29, 1.82) is 0 Å². The van der Waals surface area contributed by atoms with Gasteiger partial charge in [0.2, 0.25) is 0 Å². The van der Waals surface area contributed by atoms with E-state index < -0.39 is 23.7 Å². The second-order valence-corrected chi connectivity index (χ2v) is 7.21. The molecule has 2 aromatic heterocycles. The number of nitrogens with two attached hydrogens (primary N) is 1. The molecule has 7 nitrogen and oxygen atoms in total. The van der Waals surface area contributed by atoms with E-state index in [1.165, 1.54) is 0 Å². The Balaban J connectivity index is 1.69. The number of fused-ring (bicyclic) bond motifs is 1.